The fourth-order valence-electron chi connectivity index (χ4n) is 1.63. The quantitative estimate of drug-likeness (QED) is 0.555. The Morgan fingerprint density at radius 2 is 2.18 bits per heavy atom. The number of methoxy groups -OCH3 is 1. The van der Waals surface area contributed by atoms with Crippen molar-refractivity contribution in [3.05, 3.63) is 41.9 Å². The van der Waals surface area contributed by atoms with Crippen LogP contribution in [0.15, 0.2) is 30.6 Å². The number of esters is 1. The number of nitrogens with zero attached hydrogens (tertiary/aromatic N) is 1. The number of carbonyl (C=O) groups is 2. The summed E-state index contributed by atoms with van der Waals surface area (Å²) in [7, 11) is 1.42. The Morgan fingerprint density at radius 1 is 1.41 bits per heavy atom. The number of carbonyl (C=O) groups excluding carboxylic acids is 2. The fraction of sp³-hybridized carbons (Fsp3) is 0.0714. The zero-order chi connectivity index (χ0) is 16.1. The molecule has 0 bridgehead atoms. The molecule has 0 aliphatic rings. The molecule has 4 N–H and O–H groups in total. The first kappa shape index (κ1) is 15.1. The molecule has 0 aliphatic carbocycles. The molecule has 0 saturated carbocycles. The number of nitrogens with two attached hydrogens (primary N) is 1. The van der Waals surface area contributed by atoms with Gasteiger partial charge in [0.1, 0.15) is 0 Å². The van der Waals surface area contributed by atoms with Crippen molar-refractivity contribution in [1.82, 2.24) is 9.97 Å². The Bertz CT molecular complexity index is 736. The predicted molar refractivity (Wildman–Crippen MR) is 76.4 cm³/mol. The number of aromatic hydroxyl groups is 1. The number of nitrogens with one attached hydrogen (secondary N) is 1. The number of aromatic amines is 1. The number of aromatic nitrogens is 2. The van der Waals surface area contributed by atoms with E-state index in [9.17, 15) is 14.7 Å². The molecule has 1 aromatic carbocycles. The minimum absolute atomic E-state index is 0.00940. The highest BCUT2D eigenvalue weighted by Gasteiger charge is 2.14. The molecule has 0 aliphatic heterocycles. The topological polar surface area (TPSA) is 128 Å². The molecule has 1 aromatic heterocycles. The molecule has 0 unspecified atom stereocenters. The van der Waals surface area contributed by atoms with E-state index in [-0.39, 0.29) is 23.1 Å². The molecule has 8 nitrogen and oxygen atoms in total. The molecule has 22 heavy (non-hydrogen) atoms. The van der Waals surface area contributed by atoms with Crippen LogP contribution in [0, 0.1) is 0 Å². The zero-order valence-corrected chi connectivity index (χ0v) is 11.6. The van der Waals surface area contributed by atoms with Gasteiger partial charge in [-0.1, -0.05) is 6.07 Å². The Balaban J connectivity index is 2.08. The standard InChI is InChI=1S/C14H13N3O5/c1-21-10-6-8(2-4-9(10)18)3-5-11(19)22-14-12(13(15)20)16-7-17-14/h2-7,18H,1H3,(H2,15,20)(H,16,17). The summed E-state index contributed by atoms with van der Waals surface area (Å²) in [6, 6.07) is 4.57. The number of primary amides is 1. The molecule has 2 rings (SSSR count). The van der Waals surface area contributed by atoms with Gasteiger partial charge < -0.3 is 25.3 Å². The molecular weight excluding hydrogens is 290 g/mol. The van der Waals surface area contributed by atoms with Crippen LogP contribution in [0.5, 0.6) is 17.4 Å². The van der Waals surface area contributed by atoms with Crippen molar-refractivity contribution in [3.8, 4) is 17.4 Å². The number of phenolic OH excluding ortho intramolecular Hbond substituents is 1. The summed E-state index contributed by atoms with van der Waals surface area (Å²) in [5.41, 5.74) is 5.61. The van der Waals surface area contributed by atoms with Crippen molar-refractivity contribution in [2.45, 2.75) is 0 Å². The summed E-state index contributed by atoms with van der Waals surface area (Å²) < 4.78 is 9.85. The first-order chi connectivity index (χ1) is 10.5. The molecule has 0 fully saturated rings. The van der Waals surface area contributed by atoms with Crippen LogP contribution < -0.4 is 15.2 Å². The van der Waals surface area contributed by atoms with E-state index in [1.165, 1.54) is 25.6 Å². The summed E-state index contributed by atoms with van der Waals surface area (Å²) in [6.07, 6.45) is 3.80. The lowest BCUT2D eigenvalue weighted by atomic mass is 10.2. The molecular formula is C14H13N3O5. The minimum atomic E-state index is -0.785. The van der Waals surface area contributed by atoms with Crippen LogP contribution in [0.3, 0.4) is 0 Å². The number of ether oxygens (including phenoxy) is 2. The number of amides is 1. The van der Waals surface area contributed by atoms with E-state index in [1.54, 1.807) is 12.1 Å². The highest BCUT2D eigenvalue weighted by atomic mass is 16.5. The van der Waals surface area contributed by atoms with Gasteiger partial charge in [0.2, 0.25) is 0 Å². The number of benzene rings is 1. The average Bonchev–Trinajstić information content (AvgIpc) is 2.94. The number of rotatable bonds is 5. The Kier molecular flexibility index (Phi) is 4.42. The molecule has 114 valence electrons. The number of hydrogen-bond acceptors (Lipinski definition) is 6. The van der Waals surface area contributed by atoms with Crippen LogP contribution in [0.4, 0.5) is 0 Å². The van der Waals surface area contributed by atoms with E-state index >= 15 is 0 Å². The Labute approximate surface area is 125 Å². The highest BCUT2D eigenvalue weighted by molar-refractivity contribution is 5.95. The molecule has 2 aromatic rings. The third-order valence-corrected chi connectivity index (χ3v) is 2.66. The van der Waals surface area contributed by atoms with Gasteiger partial charge in [-0.25, -0.2) is 9.78 Å². The van der Waals surface area contributed by atoms with Crippen LogP contribution in [-0.2, 0) is 4.79 Å². The maximum absolute atomic E-state index is 11.7. The van der Waals surface area contributed by atoms with Crippen molar-refractivity contribution >= 4 is 18.0 Å². The van der Waals surface area contributed by atoms with Crippen LogP contribution in [-0.4, -0.2) is 34.1 Å². The van der Waals surface area contributed by atoms with Crippen molar-refractivity contribution in [1.29, 1.82) is 0 Å². The van der Waals surface area contributed by atoms with Crippen molar-refractivity contribution in [3.63, 3.8) is 0 Å². The summed E-state index contributed by atoms with van der Waals surface area (Å²) in [5.74, 6) is -1.44. The third kappa shape index (κ3) is 3.42. The maximum Gasteiger partial charge on any atom is 0.337 e. The second-order valence-corrected chi connectivity index (χ2v) is 4.13. The summed E-state index contributed by atoms with van der Waals surface area (Å²) in [5, 5.41) is 9.47. The van der Waals surface area contributed by atoms with E-state index in [4.69, 9.17) is 15.2 Å². The highest BCUT2D eigenvalue weighted by Crippen LogP contribution is 2.26. The Hall–Kier alpha value is -3.29. The van der Waals surface area contributed by atoms with Gasteiger partial charge in [0.25, 0.3) is 11.8 Å². The number of H-pyrrole nitrogens is 1. The van der Waals surface area contributed by atoms with Gasteiger partial charge in [-0.15, -0.1) is 0 Å². The average molecular weight is 303 g/mol. The van der Waals surface area contributed by atoms with Crippen LogP contribution >= 0.6 is 0 Å². The minimum Gasteiger partial charge on any atom is -0.504 e. The molecule has 1 amide bonds. The molecule has 8 heteroatoms. The molecule has 0 radical (unpaired) electrons. The van der Waals surface area contributed by atoms with Gasteiger partial charge in [0.05, 0.1) is 13.4 Å². The lowest BCUT2D eigenvalue weighted by Gasteiger charge is -2.03. The SMILES string of the molecule is COc1cc(C=CC(=O)Oc2nc[nH]c2C(N)=O)ccc1O. The number of imidazole rings is 1. The zero-order valence-electron chi connectivity index (χ0n) is 11.6. The second kappa shape index (κ2) is 6.44. The third-order valence-electron chi connectivity index (χ3n) is 2.66. The van der Waals surface area contributed by atoms with Gasteiger partial charge in [0.15, 0.2) is 17.2 Å². The van der Waals surface area contributed by atoms with Crippen LogP contribution in [0.2, 0.25) is 0 Å². The summed E-state index contributed by atoms with van der Waals surface area (Å²) >= 11 is 0. The molecule has 0 saturated heterocycles. The second-order valence-electron chi connectivity index (χ2n) is 4.13. The van der Waals surface area contributed by atoms with E-state index in [1.807, 2.05) is 0 Å². The normalized spacial score (nSPS) is 10.6. The predicted octanol–water partition coefficient (Wildman–Crippen LogP) is 0.842. The van der Waals surface area contributed by atoms with Crippen LogP contribution in [0.1, 0.15) is 16.1 Å². The lowest BCUT2D eigenvalue weighted by Crippen LogP contribution is -2.14. The van der Waals surface area contributed by atoms with Gasteiger partial charge in [-0.3, -0.25) is 4.79 Å². The van der Waals surface area contributed by atoms with Gasteiger partial charge in [-0.2, -0.15) is 0 Å². The first-order valence-corrected chi connectivity index (χ1v) is 6.11. The molecule has 1 heterocycles. The smallest absolute Gasteiger partial charge is 0.337 e. The van der Waals surface area contributed by atoms with Gasteiger partial charge in [-0.05, 0) is 23.8 Å². The summed E-state index contributed by atoms with van der Waals surface area (Å²) in [6.45, 7) is 0. The van der Waals surface area contributed by atoms with E-state index in [2.05, 4.69) is 9.97 Å². The van der Waals surface area contributed by atoms with E-state index in [0.29, 0.717) is 5.56 Å². The maximum atomic E-state index is 11.7. The van der Waals surface area contributed by atoms with Crippen molar-refractivity contribution < 1.29 is 24.2 Å². The Morgan fingerprint density at radius 3 is 2.86 bits per heavy atom. The lowest BCUT2D eigenvalue weighted by molar-refractivity contribution is -0.129. The largest absolute Gasteiger partial charge is 0.504 e. The fourth-order valence-corrected chi connectivity index (χ4v) is 1.63. The van der Waals surface area contributed by atoms with Crippen molar-refractivity contribution in [2.24, 2.45) is 5.73 Å². The van der Waals surface area contributed by atoms with Crippen molar-refractivity contribution in [2.75, 3.05) is 7.11 Å². The van der Waals surface area contributed by atoms with E-state index < -0.39 is 11.9 Å². The number of phenols is 1. The van der Waals surface area contributed by atoms with Crippen LogP contribution in [0.25, 0.3) is 6.08 Å². The molecule has 0 spiro atoms. The van der Waals surface area contributed by atoms with E-state index in [0.717, 1.165) is 6.08 Å². The summed E-state index contributed by atoms with van der Waals surface area (Å²) in [4.78, 5) is 28.9. The van der Waals surface area contributed by atoms with Gasteiger partial charge in [0, 0.05) is 6.08 Å². The first-order valence-electron chi connectivity index (χ1n) is 6.11. The molecule has 0 atom stereocenters. The monoisotopic (exact) mass is 303 g/mol. The number of hydrogen-bond donors (Lipinski definition) is 3. The van der Waals surface area contributed by atoms with Gasteiger partial charge >= 0.3 is 5.97 Å².